The summed E-state index contributed by atoms with van der Waals surface area (Å²) in [7, 11) is 1.54. The molecule has 6 rings (SSSR count). The molecule has 11 heteroatoms. The lowest BCUT2D eigenvalue weighted by Crippen LogP contribution is -2.34. The van der Waals surface area contributed by atoms with Crippen molar-refractivity contribution in [3.8, 4) is 28.8 Å². The Morgan fingerprint density at radius 3 is 2.76 bits per heavy atom. The number of nitrogens with zero attached hydrogens (tertiary/aromatic N) is 5. The van der Waals surface area contributed by atoms with Gasteiger partial charge in [-0.1, -0.05) is 6.07 Å². The number of carbonyl (C=O) groups is 1. The van der Waals surface area contributed by atoms with E-state index in [1.54, 1.807) is 43.8 Å². The lowest BCUT2D eigenvalue weighted by molar-refractivity contribution is 0.0283. The van der Waals surface area contributed by atoms with Crippen LogP contribution in [0.5, 0.6) is 11.6 Å². The molecule has 5 heterocycles. The predicted octanol–water partition coefficient (Wildman–Crippen LogP) is 3.29. The van der Waals surface area contributed by atoms with Gasteiger partial charge in [0.1, 0.15) is 18.4 Å². The summed E-state index contributed by atoms with van der Waals surface area (Å²) in [5, 5.41) is 31.0. The minimum absolute atomic E-state index is 0.0831. The number of hydrogen-bond donors (Lipinski definition) is 3. The van der Waals surface area contributed by atoms with E-state index in [9.17, 15) is 15.2 Å². The molecule has 1 amide bonds. The molecule has 0 unspecified atom stereocenters. The number of methoxy groups -OCH3 is 1. The van der Waals surface area contributed by atoms with Crippen LogP contribution in [0.25, 0.3) is 16.6 Å². The van der Waals surface area contributed by atoms with Crippen LogP contribution in [-0.2, 0) is 0 Å². The normalized spacial score (nSPS) is 21.6. The SMILES string of the molecule is COc1ccc(C(=O)N[C@@H]2C[C@H]3CN[C@@H](c4ccc(-c5cc(OCC(C)(C)O)cn6ncc(C#N)c56)cn4)[C@@H]3C2)cn1. The van der Waals surface area contributed by atoms with Crippen LogP contribution in [0.3, 0.4) is 0 Å². The first-order valence-electron chi connectivity index (χ1n) is 14.0. The number of aliphatic hydroxyl groups is 1. The molecule has 2 aliphatic rings. The number of rotatable bonds is 8. The van der Waals surface area contributed by atoms with Crippen LogP contribution in [0, 0.1) is 23.2 Å². The van der Waals surface area contributed by atoms with E-state index in [4.69, 9.17) is 14.5 Å². The van der Waals surface area contributed by atoms with Gasteiger partial charge in [0, 0.05) is 35.6 Å². The second-order valence-electron chi connectivity index (χ2n) is 11.7. The van der Waals surface area contributed by atoms with E-state index >= 15 is 0 Å². The van der Waals surface area contributed by atoms with Crippen molar-refractivity contribution in [2.24, 2.45) is 11.8 Å². The Hall–Kier alpha value is -4.53. The summed E-state index contributed by atoms with van der Waals surface area (Å²) in [6.45, 7) is 4.34. The largest absolute Gasteiger partial charge is 0.489 e. The molecule has 4 aromatic heterocycles. The number of ether oxygens (including phenoxy) is 2. The maximum atomic E-state index is 12.8. The Balaban J connectivity index is 1.19. The van der Waals surface area contributed by atoms with Crippen molar-refractivity contribution in [2.75, 3.05) is 20.3 Å². The van der Waals surface area contributed by atoms with Gasteiger partial charge in [-0.2, -0.15) is 10.4 Å². The zero-order chi connectivity index (χ0) is 29.4. The molecule has 11 nitrogen and oxygen atoms in total. The number of hydrogen-bond acceptors (Lipinski definition) is 9. The number of pyridine rings is 3. The standard InChI is InChI=1S/C31H33N7O4/c1-31(2,40)17-42-23-10-25(29-21(11-32)15-36-38(29)16-23)18-4-6-26(33-12-18)28-24-9-22(8-20(24)14-35-28)37-30(39)19-5-7-27(41-3)34-13-19/h4-7,10,12-13,15-16,20,22,24,28,35,40H,8-9,14,17H2,1-3H3,(H,37,39)/t20-,22+,24+,28+/m0/s1. The minimum Gasteiger partial charge on any atom is -0.489 e. The van der Waals surface area contributed by atoms with Crippen LogP contribution in [0.4, 0.5) is 0 Å². The maximum absolute atomic E-state index is 12.8. The number of amides is 1. The van der Waals surface area contributed by atoms with Gasteiger partial charge in [0.15, 0.2) is 0 Å². The average molecular weight is 568 g/mol. The minimum atomic E-state index is -0.999. The fourth-order valence-corrected chi connectivity index (χ4v) is 6.06. The molecular weight excluding hydrogens is 534 g/mol. The summed E-state index contributed by atoms with van der Waals surface area (Å²) in [4.78, 5) is 21.8. The molecule has 216 valence electrons. The fourth-order valence-electron chi connectivity index (χ4n) is 6.06. The lowest BCUT2D eigenvalue weighted by atomic mass is 9.91. The van der Waals surface area contributed by atoms with Gasteiger partial charge in [-0.05, 0) is 63.3 Å². The molecule has 0 spiro atoms. The van der Waals surface area contributed by atoms with Crippen molar-refractivity contribution in [3.63, 3.8) is 0 Å². The van der Waals surface area contributed by atoms with Gasteiger partial charge in [0.2, 0.25) is 5.88 Å². The molecule has 1 saturated carbocycles. The molecule has 0 bridgehead atoms. The topological polar surface area (TPSA) is 147 Å². The first-order valence-corrected chi connectivity index (χ1v) is 14.0. The number of nitrogens with one attached hydrogen (secondary N) is 2. The highest BCUT2D eigenvalue weighted by atomic mass is 16.5. The van der Waals surface area contributed by atoms with Crippen molar-refractivity contribution >= 4 is 11.4 Å². The van der Waals surface area contributed by atoms with Gasteiger partial charge in [0.25, 0.3) is 5.91 Å². The van der Waals surface area contributed by atoms with E-state index in [1.807, 2.05) is 24.4 Å². The zero-order valence-electron chi connectivity index (χ0n) is 23.7. The summed E-state index contributed by atoms with van der Waals surface area (Å²) in [5.41, 5.74) is 3.18. The fraction of sp³-hybridized carbons (Fsp3) is 0.387. The summed E-state index contributed by atoms with van der Waals surface area (Å²) >= 11 is 0. The third-order valence-corrected chi connectivity index (χ3v) is 8.04. The van der Waals surface area contributed by atoms with Crippen LogP contribution < -0.4 is 20.1 Å². The Kier molecular flexibility index (Phi) is 7.26. The summed E-state index contributed by atoms with van der Waals surface area (Å²) in [5.74, 6) is 1.68. The van der Waals surface area contributed by atoms with Gasteiger partial charge < -0.3 is 25.2 Å². The van der Waals surface area contributed by atoms with Crippen molar-refractivity contribution in [1.29, 1.82) is 5.26 Å². The molecule has 1 saturated heterocycles. The second-order valence-corrected chi connectivity index (χ2v) is 11.7. The third-order valence-electron chi connectivity index (χ3n) is 8.04. The van der Waals surface area contributed by atoms with E-state index in [2.05, 4.69) is 26.8 Å². The lowest BCUT2D eigenvalue weighted by Gasteiger charge is -2.20. The quantitative estimate of drug-likeness (QED) is 0.292. The van der Waals surface area contributed by atoms with E-state index < -0.39 is 5.60 Å². The van der Waals surface area contributed by atoms with Crippen LogP contribution in [0.1, 0.15) is 54.3 Å². The summed E-state index contributed by atoms with van der Waals surface area (Å²) in [6, 6.07) is 11.7. The van der Waals surface area contributed by atoms with E-state index in [0.717, 1.165) is 36.2 Å². The zero-order valence-corrected chi connectivity index (χ0v) is 23.7. The van der Waals surface area contributed by atoms with Crippen LogP contribution >= 0.6 is 0 Å². The van der Waals surface area contributed by atoms with E-state index in [-0.39, 0.29) is 24.6 Å². The Bertz CT molecular complexity index is 1640. The van der Waals surface area contributed by atoms with Crippen molar-refractivity contribution < 1.29 is 19.4 Å². The maximum Gasteiger partial charge on any atom is 0.253 e. The molecular formula is C31H33N7O4. The molecule has 1 aliphatic carbocycles. The highest BCUT2D eigenvalue weighted by Crippen LogP contribution is 2.44. The number of nitriles is 1. The number of fused-ring (bicyclic) bond motifs is 2. The number of carbonyl (C=O) groups excluding carboxylic acids is 1. The molecule has 0 aromatic carbocycles. The highest BCUT2D eigenvalue weighted by Gasteiger charge is 2.44. The molecule has 4 atom stereocenters. The van der Waals surface area contributed by atoms with Gasteiger partial charge in [-0.15, -0.1) is 0 Å². The Labute approximate surface area is 243 Å². The van der Waals surface area contributed by atoms with Gasteiger partial charge in [-0.25, -0.2) is 9.50 Å². The van der Waals surface area contributed by atoms with Gasteiger partial charge in [0.05, 0.1) is 53.5 Å². The monoisotopic (exact) mass is 567 g/mol. The van der Waals surface area contributed by atoms with Crippen LogP contribution in [0.15, 0.2) is 55.1 Å². The van der Waals surface area contributed by atoms with Crippen LogP contribution in [-0.4, -0.2) is 62.5 Å². The van der Waals surface area contributed by atoms with Gasteiger partial charge in [-0.3, -0.25) is 9.78 Å². The highest BCUT2D eigenvalue weighted by molar-refractivity contribution is 5.94. The molecule has 0 radical (unpaired) electrons. The second kappa shape index (κ2) is 11.0. The third kappa shape index (κ3) is 5.51. The Morgan fingerprint density at radius 2 is 2.07 bits per heavy atom. The first kappa shape index (κ1) is 27.6. The van der Waals surface area contributed by atoms with E-state index in [0.29, 0.717) is 40.1 Å². The summed E-state index contributed by atoms with van der Waals surface area (Å²) in [6.07, 6.45) is 8.36. The van der Waals surface area contributed by atoms with Crippen LogP contribution in [0.2, 0.25) is 0 Å². The summed E-state index contributed by atoms with van der Waals surface area (Å²) < 4.78 is 12.6. The van der Waals surface area contributed by atoms with E-state index in [1.165, 1.54) is 12.4 Å². The molecule has 4 aromatic rings. The smallest absolute Gasteiger partial charge is 0.253 e. The predicted molar refractivity (Wildman–Crippen MR) is 154 cm³/mol. The average Bonchev–Trinajstić information content (AvgIpc) is 3.69. The first-order chi connectivity index (χ1) is 20.2. The Morgan fingerprint density at radius 1 is 1.21 bits per heavy atom. The van der Waals surface area contributed by atoms with Crippen molar-refractivity contribution in [1.82, 2.24) is 30.2 Å². The molecule has 3 N–H and O–H groups in total. The van der Waals surface area contributed by atoms with Crippen molar-refractivity contribution in [2.45, 2.75) is 44.4 Å². The molecule has 42 heavy (non-hydrogen) atoms. The van der Waals surface area contributed by atoms with Crippen molar-refractivity contribution in [3.05, 3.63) is 71.9 Å². The molecule has 1 aliphatic heterocycles. The van der Waals surface area contributed by atoms with Gasteiger partial charge >= 0.3 is 0 Å². The number of aromatic nitrogens is 4. The molecule has 2 fully saturated rings.